The van der Waals surface area contributed by atoms with Crippen molar-refractivity contribution < 1.29 is 22.3 Å². The van der Waals surface area contributed by atoms with E-state index in [9.17, 15) is 18.0 Å². The van der Waals surface area contributed by atoms with Gasteiger partial charge in [0.15, 0.2) is 11.3 Å². The van der Waals surface area contributed by atoms with Gasteiger partial charge >= 0.3 is 6.18 Å². The Bertz CT molecular complexity index is 1010. The number of ether oxygens (including phenoxy) is 1. The van der Waals surface area contributed by atoms with E-state index >= 15 is 0 Å². The Morgan fingerprint density at radius 1 is 1.22 bits per heavy atom. The van der Waals surface area contributed by atoms with Crippen LogP contribution >= 0.6 is 15.9 Å². The normalized spacial score (nSPS) is 11.9. The molecule has 2 aromatic heterocycles. The van der Waals surface area contributed by atoms with Gasteiger partial charge in [0.1, 0.15) is 0 Å². The molecule has 3 aromatic rings. The van der Waals surface area contributed by atoms with Crippen LogP contribution in [0.5, 0.6) is 5.75 Å². The number of methoxy groups -OCH3 is 1. The van der Waals surface area contributed by atoms with Crippen LogP contribution in [0.15, 0.2) is 39.5 Å². The summed E-state index contributed by atoms with van der Waals surface area (Å²) in [6, 6.07) is 6.90. The van der Waals surface area contributed by atoms with Crippen LogP contribution in [0, 0.1) is 0 Å². The van der Waals surface area contributed by atoms with Crippen LogP contribution in [0.4, 0.5) is 13.2 Å². The smallest absolute Gasteiger partial charge is 0.449 e. The monoisotopic (exact) mass is 444 g/mol. The summed E-state index contributed by atoms with van der Waals surface area (Å²) in [6.45, 7) is 0.427. The molecule has 0 aliphatic carbocycles. The second-order valence-corrected chi connectivity index (χ2v) is 6.64. The van der Waals surface area contributed by atoms with E-state index in [0.29, 0.717) is 17.8 Å². The molecule has 1 aromatic carbocycles. The van der Waals surface area contributed by atoms with Crippen molar-refractivity contribution in [3.05, 3.63) is 46.4 Å². The minimum Gasteiger partial charge on any atom is -0.493 e. The fraction of sp³-hybridized carbons (Fsp3) is 0.333. The molecule has 0 atom stereocenters. The molecule has 0 aliphatic heterocycles. The van der Waals surface area contributed by atoms with Gasteiger partial charge in [-0.15, -0.1) is 0 Å². The molecule has 0 radical (unpaired) electrons. The van der Waals surface area contributed by atoms with Gasteiger partial charge in [0.25, 0.3) is 5.56 Å². The Balaban J connectivity index is 2.13. The highest BCUT2D eigenvalue weighted by atomic mass is 79.9. The van der Waals surface area contributed by atoms with E-state index in [1.807, 2.05) is 0 Å². The maximum atomic E-state index is 13.1. The average Bonchev–Trinajstić information content (AvgIpc) is 3.08. The van der Waals surface area contributed by atoms with Crippen LogP contribution in [0.25, 0.3) is 22.2 Å². The predicted molar refractivity (Wildman–Crippen MR) is 98.3 cm³/mol. The summed E-state index contributed by atoms with van der Waals surface area (Å²) in [5.41, 5.74) is 0.539. The van der Waals surface area contributed by atoms with Crippen LogP contribution in [0.1, 0.15) is 18.6 Å². The third kappa shape index (κ3) is 4.02. The molecule has 27 heavy (non-hydrogen) atoms. The predicted octanol–water partition coefficient (Wildman–Crippen LogP) is 4.86. The first kappa shape index (κ1) is 19.5. The number of furan rings is 1. The lowest BCUT2D eigenvalue weighted by molar-refractivity contribution is -0.152. The van der Waals surface area contributed by atoms with Crippen LogP contribution in [0.2, 0.25) is 0 Å². The molecule has 0 fully saturated rings. The number of alkyl halides is 4. The van der Waals surface area contributed by atoms with Gasteiger partial charge < -0.3 is 9.15 Å². The summed E-state index contributed by atoms with van der Waals surface area (Å²) in [5, 5.41) is 5.35. The molecule has 0 aliphatic rings. The van der Waals surface area contributed by atoms with E-state index < -0.39 is 11.9 Å². The molecule has 3 rings (SSSR count). The number of benzene rings is 1. The Labute approximate surface area is 160 Å². The minimum atomic E-state index is -4.62. The molecule has 0 bridgehead atoms. The number of fused-ring (bicyclic) bond motifs is 1. The summed E-state index contributed by atoms with van der Waals surface area (Å²) in [7, 11) is 1.35. The Morgan fingerprint density at radius 2 is 2.00 bits per heavy atom. The zero-order chi connectivity index (χ0) is 19.6. The summed E-state index contributed by atoms with van der Waals surface area (Å²) < 4.78 is 50.7. The number of halogens is 4. The van der Waals surface area contributed by atoms with Gasteiger partial charge in [-0.05, 0) is 37.1 Å². The van der Waals surface area contributed by atoms with Gasteiger partial charge in [-0.2, -0.15) is 18.3 Å². The first-order valence-electron chi connectivity index (χ1n) is 8.17. The molecule has 0 amide bonds. The summed E-state index contributed by atoms with van der Waals surface area (Å²) in [6.07, 6.45) is -2.99. The molecular formula is C18H16BrF3N2O3. The van der Waals surface area contributed by atoms with Gasteiger partial charge in [0.05, 0.1) is 12.8 Å². The van der Waals surface area contributed by atoms with Crippen LogP contribution < -0.4 is 10.3 Å². The Morgan fingerprint density at radius 3 is 2.67 bits per heavy atom. The van der Waals surface area contributed by atoms with Crippen molar-refractivity contribution in [1.82, 2.24) is 9.78 Å². The van der Waals surface area contributed by atoms with Crippen molar-refractivity contribution >= 4 is 26.9 Å². The Hall–Kier alpha value is -2.29. The molecular weight excluding hydrogens is 429 g/mol. The molecule has 9 heteroatoms. The van der Waals surface area contributed by atoms with Crippen LogP contribution in [0.3, 0.4) is 0 Å². The van der Waals surface area contributed by atoms with Gasteiger partial charge in [-0.25, -0.2) is 4.68 Å². The van der Waals surface area contributed by atoms with Crippen LogP contribution in [-0.2, 0) is 12.7 Å². The zero-order valence-corrected chi connectivity index (χ0v) is 15.9. The maximum absolute atomic E-state index is 13.1. The molecule has 0 spiro atoms. The number of unbranched alkanes of at least 4 members (excludes halogenated alkanes) is 1. The standard InChI is InChI=1S/C18H16BrF3N2O3/c1-26-14-6-4-11(12-10-15(18(20,21)22)27-17(12)14)13-5-7-16(25)24(23-13)9-3-2-8-19/h4-7,10H,2-3,8-9H2,1H3. The fourth-order valence-electron chi connectivity index (χ4n) is 2.73. The topological polar surface area (TPSA) is 57.3 Å². The number of rotatable bonds is 6. The highest BCUT2D eigenvalue weighted by Crippen LogP contribution is 2.40. The summed E-state index contributed by atoms with van der Waals surface area (Å²) >= 11 is 3.33. The van der Waals surface area contributed by atoms with E-state index in [-0.39, 0.29) is 22.3 Å². The summed E-state index contributed by atoms with van der Waals surface area (Å²) in [5.74, 6) is -0.927. The number of aromatic nitrogens is 2. The van der Waals surface area contributed by atoms with Crippen molar-refractivity contribution in [3.8, 4) is 17.0 Å². The van der Waals surface area contributed by atoms with E-state index in [1.54, 1.807) is 6.07 Å². The molecule has 0 unspecified atom stereocenters. The quantitative estimate of drug-likeness (QED) is 0.402. The van der Waals surface area contributed by atoms with E-state index in [2.05, 4.69) is 21.0 Å². The van der Waals surface area contributed by atoms with Crippen molar-refractivity contribution in [2.24, 2.45) is 0 Å². The molecule has 5 nitrogen and oxygen atoms in total. The van der Waals surface area contributed by atoms with Gasteiger partial charge in [0, 0.05) is 28.9 Å². The second-order valence-electron chi connectivity index (χ2n) is 5.84. The SMILES string of the molecule is COc1ccc(-c2ccc(=O)n(CCCCBr)n2)c2cc(C(F)(F)F)oc12. The van der Waals surface area contributed by atoms with Crippen molar-refractivity contribution in [3.63, 3.8) is 0 Å². The Kier molecular flexibility index (Phi) is 5.59. The number of hydrogen-bond acceptors (Lipinski definition) is 4. The molecule has 144 valence electrons. The average molecular weight is 445 g/mol. The van der Waals surface area contributed by atoms with Gasteiger partial charge in [-0.3, -0.25) is 4.79 Å². The highest BCUT2D eigenvalue weighted by Gasteiger charge is 2.36. The minimum absolute atomic E-state index is 0.0128. The molecule has 0 saturated carbocycles. The van der Waals surface area contributed by atoms with Crippen LogP contribution in [-0.4, -0.2) is 22.2 Å². The molecule has 0 N–H and O–H groups in total. The summed E-state index contributed by atoms with van der Waals surface area (Å²) in [4.78, 5) is 12.0. The van der Waals surface area contributed by atoms with Crippen molar-refractivity contribution in [2.75, 3.05) is 12.4 Å². The number of hydrogen-bond donors (Lipinski definition) is 0. The molecule has 2 heterocycles. The molecule has 0 saturated heterocycles. The first-order valence-corrected chi connectivity index (χ1v) is 9.29. The first-order chi connectivity index (χ1) is 12.8. The number of aryl methyl sites for hydroxylation is 1. The van der Waals surface area contributed by atoms with Gasteiger partial charge in [-0.1, -0.05) is 15.9 Å². The zero-order valence-electron chi connectivity index (χ0n) is 14.3. The maximum Gasteiger partial charge on any atom is 0.449 e. The van der Waals surface area contributed by atoms with E-state index in [0.717, 1.165) is 24.2 Å². The third-order valence-electron chi connectivity index (χ3n) is 4.04. The lowest BCUT2D eigenvalue weighted by Gasteiger charge is -2.08. The lowest BCUT2D eigenvalue weighted by Crippen LogP contribution is -2.22. The van der Waals surface area contributed by atoms with Crippen molar-refractivity contribution in [1.29, 1.82) is 0 Å². The van der Waals surface area contributed by atoms with E-state index in [4.69, 9.17) is 9.15 Å². The fourth-order valence-corrected chi connectivity index (χ4v) is 3.13. The van der Waals surface area contributed by atoms with Gasteiger partial charge in [0.2, 0.25) is 5.76 Å². The lowest BCUT2D eigenvalue weighted by atomic mass is 10.1. The highest BCUT2D eigenvalue weighted by molar-refractivity contribution is 9.09. The van der Waals surface area contributed by atoms with E-state index in [1.165, 1.54) is 30.0 Å². The van der Waals surface area contributed by atoms with Crippen molar-refractivity contribution in [2.45, 2.75) is 25.6 Å². The second kappa shape index (κ2) is 7.75. The number of nitrogens with zero attached hydrogens (tertiary/aromatic N) is 2. The third-order valence-corrected chi connectivity index (χ3v) is 4.60. The largest absolute Gasteiger partial charge is 0.493 e.